The van der Waals surface area contributed by atoms with Gasteiger partial charge in [-0.15, -0.1) is 0 Å². The van der Waals surface area contributed by atoms with Gasteiger partial charge in [0.1, 0.15) is 0 Å². The van der Waals surface area contributed by atoms with Crippen molar-refractivity contribution in [1.29, 1.82) is 5.26 Å². The Hall–Kier alpha value is -0.560. The second-order valence-corrected chi connectivity index (χ2v) is 4.58. The van der Waals surface area contributed by atoms with Gasteiger partial charge in [-0.2, -0.15) is 5.26 Å². The molecule has 1 N–H and O–H groups in total. The molecule has 4 heteroatoms. The van der Waals surface area contributed by atoms with Gasteiger partial charge in [-0.3, -0.25) is 0 Å². The Labute approximate surface area is 103 Å². The maximum absolute atomic E-state index is 9.93. The summed E-state index contributed by atoms with van der Waals surface area (Å²) in [5, 5.41) is 19.2. The second kappa shape index (κ2) is 5.50. The summed E-state index contributed by atoms with van der Waals surface area (Å²) in [4.78, 5) is 0. The lowest BCUT2D eigenvalue weighted by atomic mass is 9.95. The molecule has 2 atom stereocenters. The van der Waals surface area contributed by atoms with Gasteiger partial charge in [0.25, 0.3) is 0 Å². The topological polar surface area (TPSA) is 44.0 Å². The lowest BCUT2D eigenvalue weighted by molar-refractivity contribution is 0.133. The number of rotatable bonds is 3. The molecule has 1 aromatic carbocycles. The van der Waals surface area contributed by atoms with Gasteiger partial charge in [-0.25, -0.2) is 0 Å². The summed E-state index contributed by atoms with van der Waals surface area (Å²) in [7, 11) is 0. The monoisotopic (exact) mass is 287 g/mol. The third-order valence-electron chi connectivity index (χ3n) is 2.27. The van der Waals surface area contributed by atoms with E-state index in [0.29, 0.717) is 17.0 Å². The Kier molecular flexibility index (Phi) is 4.59. The SMILES string of the molecule is CCC(C#N)C(O)c1ccc(Br)cc1Cl. The van der Waals surface area contributed by atoms with Crippen LogP contribution in [0.2, 0.25) is 5.02 Å². The minimum Gasteiger partial charge on any atom is -0.387 e. The van der Waals surface area contributed by atoms with Crippen molar-refractivity contribution < 1.29 is 5.11 Å². The van der Waals surface area contributed by atoms with Gasteiger partial charge in [0.05, 0.1) is 18.1 Å². The minimum atomic E-state index is -0.819. The summed E-state index contributed by atoms with van der Waals surface area (Å²) in [6.07, 6.45) is -0.218. The van der Waals surface area contributed by atoms with Gasteiger partial charge in [-0.1, -0.05) is 40.5 Å². The van der Waals surface area contributed by atoms with Crippen LogP contribution in [-0.4, -0.2) is 5.11 Å². The maximum Gasteiger partial charge on any atom is 0.0962 e. The van der Waals surface area contributed by atoms with Crippen molar-refractivity contribution in [2.24, 2.45) is 5.92 Å². The van der Waals surface area contributed by atoms with Crippen LogP contribution >= 0.6 is 27.5 Å². The first-order chi connectivity index (χ1) is 7.10. The van der Waals surface area contributed by atoms with Crippen LogP contribution in [0.15, 0.2) is 22.7 Å². The molecule has 0 aliphatic rings. The first-order valence-corrected chi connectivity index (χ1v) is 5.79. The molecule has 0 saturated heterocycles. The van der Waals surface area contributed by atoms with Crippen LogP contribution < -0.4 is 0 Å². The fourth-order valence-corrected chi connectivity index (χ4v) is 2.13. The van der Waals surface area contributed by atoms with Crippen LogP contribution in [0, 0.1) is 17.2 Å². The van der Waals surface area contributed by atoms with E-state index in [9.17, 15) is 5.11 Å². The van der Waals surface area contributed by atoms with Gasteiger partial charge in [0, 0.05) is 15.1 Å². The van der Waals surface area contributed by atoms with E-state index < -0.39 is 12.0 Å². The first-order valence-electron chi connectivity index (χ1n) is 4.62. The molecule has 0 amide bonds. The molecule has 0 bridgehead atoms. The number of benzene rings is 1. The number of aliphatic hydroxyl groups excluding tert-OH is 1. The summed E-state index contributed by atoms with van der Waals surface area (Å²) >= 11 is 9.27. The molecule has 0 aliphatic heterocycles. The first kappa shape index (κ1) is 12.5. The van der Waals surface area contributed by atoms with E-state index in [1.54, 1.807) is 18.2 Å². The van der Waals surface area contributed by atoms with E-state index in [1.165, 1.54) is 0 Å². The predicted molar refractivity (Wildman–Crippen MR) is 63.5 cm³/mol. The van der Waals surface area contributed by atoms with Crippen LogP contribution in [0.4, 0.5) is 0 Å². The molecular formula is C11H11BrClNO. The van der Waals surface area contributed by atoms with Crippen LogP contribution in [0.1, 0.15) is 25.0 Å². The smallest absolute Gasteiger partial charge is 0.0962 e. The molecule has 0 radical (unpaired) electrons. The van der Waals surface area contributed by atoms with E-state index >= 15 is 0 Å². The van der Waals surface area contributed by atoms with Crippen molar-refractivity contribution in [2.45, 2.75) is 19.4 Å². The average molecular weight is 289 g/mol. The molecule has 2 nitrogen and oxygen atoms in total. The third kappa shape index (κ3) is 2.94. The van der Waals surface area contributed by atoms with Crippen molar-refractivity contribution >= 4 is 27.5 Å². The fourth-order valence-electron chi connectivity index (χ4n) is 1.34. The lowest BCUT2D eigenvalue weighted by Gasteiger charge is -2.16. The summed E-state index contributed by atoms with van der Waals surface area (Å²) in [5.74, 6) is -0.413. The van der Waals surface area contributed by atoms with Gasteiger partial charge in [0.2, 0.25) is 0 Å². The van der Waals surface area contributed by atoms with Gasteiger partial charge in [0.15, 0.2) is 0 Å². The van der Waals surface area contributed by atoms with Crippen molar-refractivity contribution in [1.82, 2.24) is 0 Å². The number of aliphatic hydroxyl groups is 1. The quantitative estimate of drug-likeness (QED) is 0.922. The van der Waals surface area contributed by atoms with E-state index in [4.69, 9.17) is 16.9 Å². The zero-order valence-corrected chi connectivity index (χ0v) is 10.6. The lowest BCUT2D eigenvalue weighted by Crippen LogP contribution is -2.10. The summed E-state index contributed by atoms with van der Waals surface area (Å²) in [6.45, 7) is 1.86. The molecule has 0 fully saturated rings. The Balaban J connectivity index is 3.01. The standard InChI is InChI=1S/C11H11BrClNO/c1-2-7(6-14)11(15)9-4-3-8(12)5-10(9)13/h3-5,7,11,15H,2H2,1H3. The van der Waals surface area contributed by atoms with Gasteiger partial charge >= 0.3 is 0 Å². The van der Waals surface area contributed by atoms with E-state index in [0.717, 1.165) is 4.47 Å². The van der Waals surface area contributed by atoms with Crippen LogP contribution in [0.3, 0.4) is 0 Å². The van der Waals surface area contributed by atoms with E-state index in [-0.39, 0.29) is 0 Å². The summed E-state index contributed by atoms with van der Waals surface area (Å²) in [6, 6.07) is 7.32. The Morgan fingerprint density at radius 1 is 1.60 bits per heavy atom. The van der Waals surface area contributed by atoms with Gasteiger partial charge in [-0.05, 0) is 18.6 Å². The predicted octanol–water partition coefficient (Wildman–Crippen LogP) is 3.69. The van der Waals surface area contributed by atoms with Crippen molar-refractivity contribution in [3.8, 4) is 6.07 Å². The number of nitrogens with zero attached hydrogens (tertiary/aromatic N) is 1. The Bertz CT molecular complexity index is 389. The average Bonchev–Trinajstić information content (AvgIpc) is 2.19. The van der Waals surface area contributed by atoms with Crippen molar-refractivity contribution in [3.05, 3.63) is 33.3 Å². The minimum absolute atomic E-state index is 0.413. The van der Waals surface area contributed by atoms with Crippen LogP contribution in [0.25, 0.3) is 0 Å². The highest BCUT2D eigenvalue weighted by molar-refractivity contribution is 9.10. The molecule has 0 heterocycles. The highest BCUT2D eigenvalue weighted by atomic mass is 79.9. The molecular weight excluding hydrogens is 277 g/mol. The zero-order chi connectivity index (χ0) is 11.4. The normalized spacial score (nSPS) is 14.3. The second-order valence-electron chi connectivity index (χ2n) is 3.25. The van der Waals surface area contributed by atoms with Crippen molar-refractivity contribution in [2.75, 3.05) is 0 Å². The number of nitriles is 1. The Morgan fingerprint density at radius 2 is 2.27 bits per heavy atom. The molecule has 1 rings (SSSR count). The molecule has 1 aromatic rings. The summed E-state index contributed by atoms with van der Waals surface area (Å²) in [5.41, 5.74) is 0.605. The molecule has 15 heavy (non-hydrogen) atoms. The van der Waals surface area contributed by atoms with Crippen molar-refractivity contribution in [3.63, 3.8) is 0 Å². The fraction of sp³-hybridized carbons (Fsp3) is 0.364. The van der Waals surface area contributed by atoms with E-state index in [2.05, 4.69) is 22.0 Å². The molecule has 0 aliphatic carbocycles. The van der Waals surface area contributed by atoms with E-state index in [1.807, 2.05) is 6.92 Å². The zero-order valence-electron chi connectivity index (χ0n) is 8.24. The van der Waals surface area contributed by atoms with Crippen LogP contribution in [-0.2, 0) is 0 Å². The maximum atomic E-state index is 9.93. The molecule has 0 saturated carbocycles. The number of halogens is 2. The summed E-state index contributed by atoms with van der Waals surface area (Å²) < 4.78 is 0.855. The van der Waals surface area contributed by atoms with Crippen LogP contribution in [0.5, 0.6) is 0 Å². The highest BCUT2D eigenvalue weighted by Gasteiger charge is 2.20. The largest absolute Gasteiger partial charge is 0.387 e. The Morgan fingerprint density at radius 3 is 2.73 bits per heavy atom. The third-order valence-corrected chi connectivity index (χ3v) is 3.09. The molecule has 2 unspecified atom stereocenters. The molecule has 80 valence electrons. The van der Waals surface area contributed by atoms with Gasteiger partial charge < -0.3 is 5.11 Å². The molecule has 0 aromatic heterocycles. The number of hydrogen-bond donors (Lipinski definition) is 1. The number of hydrogen-bond acceptors (Lipinski definition) is 2. The highest BCUT2D eigenvalue weighted by Crippen LogP contribution is 2.31. The molecule has 0 spiro atoms.